The first-order valence-electron chi connectivity index (χ1n) is 15.7. The summed E-state index contributed by atoms with van der Waals surface area (Å²) >= 11 is 1.43. The number of rotatable bonds is 13. The third kappa shape index (κ3) is 8.05. The van der Waals surface area contributed by atoms with Crippen LogP contribution in [-0.2, 0) is 23.4 Å². The van der Waals surface area contributed by atoms with Crippen molar-refractivity contribution in [3.05, 3.63) is 104 Å². The average molecular weight is 673 g/mol. The second-order valence-corrected chi connectivity index (χ2v) is 13.1. The molecule has 1 aliphatic heterocycles. The summed E-state index contributed by atoms with van der Waals surface area (Å²) in [6, 6.07) is 16.4. The van der Waals surface area contributed by atoms with Crippen LogP contribution >= 0.6 is 11.3 Å². The zero-order chi connectivity index (χ0) is 34.4. The van der Waals surface area contributed by atoms with Crippen molar-refractivity contribution in [2.45, 2.75) is 52.2 Å². The van der Waals surface area contributed by atoms with Crippen LogP contribution in [0, 0.1) is 42.7 Å². The second-order valence-electron chi connectivity index (χ2n) is 12.2. The number of nitrogens with two attached hydrogens (primary N) is 1. The molecular weight excluding hydrogens is 634 g/mol. The quantitative estimate of drug-likeness (QED) is 0.131. The molecule has 0 spiro atoms. The summed E-state index contributed by atoms with van der Waals surface area (Å²) in [6.07, 6.45) is 2.82. The second kappa shape index (κ2) is 15.0. The number of benzene rings is 3. The molecule has 2 atom stereocenters. The van der Waals surface area contributed by atoms with Crippen molar-refractivity contribution >= 4 is 23.6 Å². The molecule has 0 amide bonds. The van der Waals surface area contributed by atoms with Crippen molar-refractivity contribution in [1.29, 1.82) is 5.26 Å². The van der Waals surface area contributed by atoms with Crippen LogP contribution in [0.2, 0.25) is 0 Å². The zero-order valence-electron chi connectivity index (χ0n) is 27.1. The van der Waals surface area contributed by atoms with Crippen LogP contribution in [0.25, 0.3) is 11.3 Å². The van der Waals surface area contributed by atoms with E-state index in [0.717, 1.165) is 45.1 Å². The zero-order valence-corrected chi connectivity index (χ0v) is 27.9. The molecule has 3 N–H and O–H groups in total. The summed E-state index contributed by atoms with van der Waals surface area (Å²) < 4.78 is 34.8. The number of ether oxygens (including phenoxy) is 1. The number of aromatic nitrogens is 1. The molecule has 0 bridgehead atoms. The SMILES string of the molecule is Cc1cc(CN2C=NN(C[C@](O)(c3ccc(F)cc3F)[C@H](C)Cc3nc(-c4ccc(C#N)cc4)cs3)C2)cc(C)c1OC(=O)CCCN. The van der Waals surface area contributed by atoms with Gasteiger partial charge in [0.05, 0.1) is 28.9 Å². The maximum Gasteiger partial charge on any atom is 0.311 e. The minimum Gasteiger partial charge on any atom is -0.426 e. The lowest BCUT2D eigenvalue weighted by Gasteiger charge is -2.37. The van der Waals surface area contributed by atoms with Crippen molar-refractivity contribution < 1.29 is 23.4 Å². The van der Waals surface area contributed by atoms with E-state index in [1.54, 1.807) is 23.5 Å². The topological polar surface area (TPSA) is 128 Å². The van der Waals surface area contributed by atoms with Gasteiger partial charge in [0, 0.05) is 42.0 Å². The standard InChI is InChI=1S/C36H38F2N6O3S/c1-23-13-27(14-24(2)35(23)47-34(45)5-4-12-39)18-43-21-41-44(22-43)20-36(46,30-11-10-29(37)16-31(30)38)25(3)15-33-42-32(19-48-33)28-8-6-26(17-40)7-9-28/h6-11,13-14,16,19,21,25,46H,4-5,12,15,18,20,22,39H2,1-3H3/t25-,36-/m1/s1. The molecule has 4 aromatic rings. The summed E-state index contributed by atoms with van der Waals surface area (Å²) in [5.74, 6) is -1.88. The number of hydrogen-bond donors (Lipinski definition) is 2. The van der Waals surface area contributed by atoms with Crippen LogP contribution in [0.1, 0.15) is 52.6 Å². The Balaban J connectivity index is 1.30. The van der Waals surface area contributed by atoms with Gasteiger partial charge in [-0.15, -0.1) is 11.3 Å². The Morgan fingerprint density at radius 2 is 1.90 bits per heavy atom. The molecule has 0 fully saturated rings. The molecule has 1 aliphatic rings. The number of nitriles is 1. The lowest BCUT2D eigenvalue weighted by atomic mass is 9.80. The smallest absolute Gasteiger partial charge is 0.311 e. The number of hydrazone groups is 1. The third-order valence-corrected chi connectivity index (χ3v) is 9.28. The predicted octanol–water partition coefficient (Wildman–Crippen LogP) is 6.01. The Labute approximate surface area is 282 Å². The van der Waals surface area contributed by atoms with Gasteiger partial charge in [-0.05, 0) is 67.6 Å². The fourth-order valence-corrected chi connectivity index (χ4v) is 6.79. The van der Waals surface area contributed by atoms with E-state index < -0.39 is 23.2 Å². The highest BCUT2D eigenvalue weighted by Gasteiger charge is 2.41. The van der Waals surface area contributed by atoms with E-state index in [9.17, 15) is 14.3 Å². The maximum absolute atomic E-state index is 15.3. The Morgan fingerprint density at radius 1 is 1.17 bits per heavy atom. The first-order valence-corrected chi connectivity index (χ1v) is 16.5. The monoisotopic (exact) mass is 672 g/mol. The highest BCUT2D eigenvalue weighted by molar-refractivity contribution is 7.09. The number of aliphatic hydroxyl groups is 1. The van der Waals surface area contributed by atoms with Gasteiger partial charge in [-0.1, -0.05) is 37.3 Å². The van der Waals surface area contributed by atoms with Gasteiger partial charge in [-0.3, -0.25) is 9.80 Å². The first kappa shape index (κ1) is 34.6. The van der Waals surface area contributed by atoms with Crippen LogP contribution in [-0.4, -0.2) is 52.1 Å². The van der Waals surface area contributed by atoms with Crippen molar-refractivity contribution in [2.75, 3.05) is 19.8 Å². The molecule has 0 aliphatic carbocycles. The highest BCUT2D eigenvalue weighted by atomic mass is 32.1. The number of nitrogens with zero attached hydrogens (tertiary/aromatic N) is 5. The number of β-amino-alcohol motifs (C(OH)–C–C–N with tert-alkyl or cyclic N) is 1. The summed E-state index contributed by atoms with van der Waals surface area (Å²) in [5, 5.41) is 30.2. The van der Waals surface area contributed by atoms with Gasteiger partial charge in [-0.2, -0.15) is 10.4 Å². The van der Waals surface area contributed by atoms with Crippen LogP contribution in [0.5, 0.6) is 5.75 Å². The molecule has 0 radical (unpaired) electrons. The Morgan fingerprint density at radius 3 is 2.56 bits per heavy atom. The van der Waals surface area contributed by atoms with Gasteiger partial charge in [0.25, 0.3) is 0 Å². The van der Waals surface area contributed by atoms with Crippen LogP contribution in [0.15, 0.2) is 65.1 Å². The fraction of sp³-hybridized carbons (Fsp3) is 0.333. The van der Waals surface area contributed by atoms with Crippen molar-refractivity contribution in [2.24, 2.45) is 16.8 Å². The number of carbonyl (C=O) groups excluding carboxylic acids is 1. The van der Waals surface area contributed by atoms with Crippen molar-refractivity contribution in [3.63, 3.8) is 0 Å². The van der Waals surface area contributed by atoms with Crippen LogP contribution in [0.3, 0.4) is 0 Å². The Kier molecular flexibility index (Phi) is 10.8. The van der Waals surface area contributed by atoms with Gasteiger partial charge in [0.1, 0.15) is 36.0 Å². The molecule has 9 nitrogen and oxygen atoms in total. The van der Waals surface area contributed by atoms with E-state index >= 15 is 4.39 Å². The first-order chi connectivity index (χ1) is 23.0. The number of esters is 1. The van der Waals surface area contributed by atoms with E-state index in [4.69, 9.17) is 20.7 Å². The lowest BCUT2D eigenvalue weighted by molar-refractivity contribution is -0.134. The van der Waals surface area contributed by atoms with E-state index in [2.05, 4.69) is 11.2 Å². The molecule has 2 heterocycles. The molecule has 0 unspecified atom stereocenters. The molecule has 5 rings (SSSR count). The van der Waals surface area contributed by atoms with Crippen molar-refractivity contribution in [1.82, 2.24) is 14.9 Å². The van der Waals surface area contributed by atoms with Crippen LogP contribution < -0.4 is 10.5 Å². The molecule has 0 saturated heterocycles. The molecular formula is C36H38F2N6O3S. The number of thiazole rings is 1. The normalized spacial score (nSPS) is 14.5. The summed E-state index contributed by atoms with van der Waals surface area (Å²) in [5.41, 5.74) is 8.55. The molecule has 1 aromatic heterocycles. The summed E-state index contributed by atoms with van der Waals surface area (Å²) in [7, 11) is 0. The number of carbonyl (C=O) groups is 1. The maximum atomic E-state index is 15.3. The minimum absolute atomic E-state index is 0.0169. The predicted molar refractivity (Wildman–Crippen MR) is 181 cm³/mol. The van der Waals surface area contributed by atoms with Gasteiger partial charge in [0.15, 0.2) is 0 Å². The molecule has 48 heavy (non-hydrogen) atoms. The van der Waals surface area contributed by atoms with Gasteiger partial charge < -0.3 is 20.5 Å². The molecule has 0 saturated carbocycles. The molecule has 250 valence electrons. The number of hydrogen-bond acceptors (Lipinski definition) is 10. The Bertz CT molecular complexity index is 1820. The van der Waals surface area contributed by atoms with Gasteiger partial charge >= 0.3 is 5.97 Å². The highest BCUT2D eigenvalue weighted by Crippen LogP contribution is 2.37. The molecule has 12 heteroatoms. The largest absolute Gasteiger partial charge is 0.426 e. The molecule has 3 aromatic carbocycles. The fourth-order valence-electron chi connectivity index (χ4n) is 5.86. The minimum atomic E-state index is -1.74. The van der Waals surface area contributed by atoms with E-state index in [-0.39, 0.29) is 24.5 Å². The number of aryl methyl sites for hydroxylation is 2. The number of halogens is 2. The lowest BCUT2D eigenvalue weighted by Crippen LogP contribution is -2.45. The van der Waals surface area contributed by atoms with E-state index in [1.165, 1.54) is 17.4 Å². The summed E-state index contributed by atoms with van der Waals surface area (Å²) in [6.45, 7) is 6.79. The van der Waals surface area contributed by atoms with Crippen LogP contribution in [0.4, 0.5) is 8.78 Å². The summed E-state index contributed by atoms with van der Waals surface area (Å²) in [4.78, 5) is 18.9. The average Bonchev–Trinajstić information content (AvgIpc) is 3.71. The van der Waals surface area contributed by atoms with Crippen molar-refractivity contribution in [3.8, 4) is 23.1 Å². The van der Waals surface area contributed by atoms with E-state index in [1.807, 2.05) is 55.3 Å². The van der Waals surface area contributed by atoms with Gasteiger partial charge in [-0.25, -0.2) is 13.8 Å². The van der Waals surface area contributed by atoms with E-state index in [0.29, 0.717) is 43.9 Å². The Hall–Kier alpha value is -4.70. The third-order valence-electron chi connectivity index (χ3n) is 8.41. The van der Waals surface area contributed by atoms with Gasteiger partial charge in [0.2, 0.25) is 0 Å².